The quantitative estimate of drug-likeness (QED) is 0.613. The maximum Gasteiger partial charge on any atom is 0.358 e. The van der Waals surface area contributed by atoms with Crippen LogP contribution in [0, 0.1) is 6.92 Å². The van der Waals surface area contributed by atoms with Gasteiger partial charge in [-0.1, -0.05) is 22.9 Å². The van der Waals surface area contributed by atoms with Gasteiger partial charge in [0.05, 0.1) is 5.71 Å². The smallest absolute Gasteiger partial charge is 0.265 e. The Bertz CT molecular complexity index is 771. The molecule has 0 saturated carbocycles. The molecule has 0 atom stereocenters. The SMILES string of the molecule is C/C(=N\OS(=O)(=O)c1ccc(C)cc1)c1cncc(Br)c1. The number of hydrogen-bond donors (Lipinski definition) is 0. The Labute approximate surface area is 131 Å². The molecule has 0 radical (unpaired) electrons. The highest BCUT2D eigenvalue weighted by Gasteiger charge is 2.15. The summed E-state index contributed by atoms with van der Waals surface area (Å²) in [6.07, 6.45) is 3.20. The summed E-state index contributed by atoms with van der Waals surface area (Å²) in [5.41, 5.74) is 2.05. The minimum absolute atomic E-state index is 0.0667. The maximum atomic E-state index is 12.0. The van der Waals surface area contributed by atoms with Crippen molar-refractivity contribution in [3.8, 4) is 0 Å². The van der Waals surface area contributed by atoms with Crippen LogP contribution in [0.15, 0.2) is 57.2 Å². The third kappa shape index (κ3) is 4.12. The van der Waals surface area contributed by atoms with Gasteiger partial charge in [0.15, 0.2) is 0 Å². The van der Waals surface area contributed by atoms with Gasteiger partial charge in [0.25, 0.3) is 0 Å². The van der Waals surface area contributed by atoms with Crippen LogP contribution in [0.4, 0.5) is 0 Å². The fourth-order valence-corrected chi connectivity index (χ4v) is 2.65. The lowest BCUT2D eigenvalue weighted by atomic mass is 10.2. The van der Waals surface area contributed by atoms with Gasteiger partial charge >= 0.3 is 10.1 Å². The number of nitrogens with zero attached hydrogens (tertiary/aromatic N) is 2. The van der Waals surface area contributed by atoms with E-state index >= 15 is 0 Å². The lowest BCUT2D eigenvalue weighted by molar-refractivity contribution is 0.339. The number of rotatable bonds is 4. The van der Waals surface area contributed by atoms with Gasteiger partial charge in [-0.25, -0.2) is 0 Å². The zero-order valence-electron chi connectivity index (χ0n) is 11.4. The summed E-state index contributed by atoms with van der Waals surface area (Å²) in [6.45, 7) is 3.52. The monoisotopic (exact) mass is 368 g/mol. The Balaban J connectivity index is 2.21. The normalized spacial score (nSPS) is 12.2. The summed E-state index contributed by atoms with van der Waals surface area (Å²) in [7, 11) is -3.91. The van der Waals surface area contributed by atoms with Crippen molar-refractivity contribution in [3.63, 3.8) is 0 Å². The summed E-state index contributed by atoms with van der Waals surface area (Å²) in [6, 6.07) is 8.14. The van der Waals surface area contributed by atoms with E-state index in [1.165, 1.54) is 12.1 Å². The van der Waals surface area contributed by atoms with E-state index in [9.17, 15) is 8.42 Å². The van der Waals surface area contributed by atoms with Crippen molar-refractivity contribution in [1.82, 2.24) is 4.98 Å². The minimum atomic E-state index is -3.91. The van der Waals surface area contributed by atoms with E-state index < -0.39 is 10.1 Å². The lowest BCUT2D eigenvalue weighted by Crippen LogP contribution is -2.05. The number of halogens is 1. The van der Waals surface area contributed by atoms with E-state index in [1.807, 2.05) is 6.92 Å². The summed E-state index contributed by atoms with van der Waals surface area (Å²) in [4.78, 5) is 4.05. The Morgan fingerprint density at radius 3 is 2.52 bits per heavy atom. The summed E-state index contributed by atoms with van der Waals surface area (Å²) < 4.78 is 29.5. The summed E-state index contributed by atoms with van der Waals surface area (Å²) >= 11 is 3.29. The van der Waals surface area contributed by atoms with Gasteiger partial charge in [0.1, 0.15) is 4.90 Å². The number of aryl methyl sites for hydroxylation is 1. The van der Waals surface area contributed by atoms with E-state index in [-0.39, 0.29) is 4.90 Å². The molecule has 21 heavy (non-hydrogen) atoms. The summed E-state index contributed by atoms with van der Waals surface area (Å²) in [5.74, 6) is 0. The molecule has 1 aromatic heterocycles. The van der Waals surface area contributed by atoms with E-state index in [0.29, 0.717) is 11.3 Å². The molecular formula is C14H13BrN2O3S. The van der Waals surface area contributed by atoms with Gasteiger partial charge in [0, 0.05) is 22.4 Å². The molecule has 5 nitrogen and oxygen atoms in total. The first-order valence-corrected chi connectivity index (χ1v) is 8.24. The molecule has 7 heteroatoms. The first-order valence-electron chi connectivity index (χ1n) is 6.04. The molecule has 1 aromatic carbocycles. The molecule has 1 heterocycles. The molecule has 0 fully saturated rings. The molecule has 0 spiro atoms. The van der Waals surface area contributed by atoms with E-state index in [2.05, 4.69) is 26.1 Å². The molecule has 0 saturated heterocycles. The van der Waals surface area contributed by atoms with E-state index in [4.69, 9.17) is 4.28 Å². The minimum Gasteiger partial charge on any atom is -0.265 e. The van der Waals surface area contributed by atoms with Crippen molar-refractivity contribution in [2.24, 2.45) is 5.16 Å². The second kappa shape index (κ2) is 6.36. The molecule has 2 rings (SSSR count). The molecule has 0 bridgehead atoms. The topological polar surface area (TPSA) is 68.6 Å². The van der Waals surface area contributed by atoms with Crippen molar-refractivity contribution in [2.75, 3.05) is 0 Å². The highest BCUT2D eigenvalue weighted by Crippen LogP contribution is 2.15. The van der Waals surface area contributed by atoms with Crippen molar-refractivity contribution in [2.45, 2.75) is 18.7 Å². The standard InChI is InChI=1S/C14H13BrN2O3S/c1-10-3-5-14(6-4-10)21(18,19)20-17-11(2)12-7-13(15)9-16-8-12/h3-9H,1-2H3/b17-11+. The van der Waals surface area contributed by atoms with Gasteiger partial charge < -0.3 is 0 Å². The average Bonchev–Trinajstić information content (AvgIpc) is 2.45. The highest BCUT2D eigenvalue weighted by molar-refractivity contribution is 9.10. The van der Waals surface area contributed by atoms with Crippen LogP contribution < -0.4 is 0 Å². The predicted octanol–water partition coefficient (Wildman–Crippen LogP) is 3.28. The molecule has 0 unspecified atom stereocenters. The van der Waals surface area contributed by atoms with Crippen molar-refractivity contribution in [1.29, 1.82) is 0 Å². The first kappa shape index (κ1) is 15.7. The van der Waals surface area contributed by atoms with Crippen LogP contribution in [0.25, 0.3) is 0 Å². The van der Waals surface area contributed by atoms with Gasteiger partial charge in [-0.2, -0.15) is 8.42 Å². The number of benzene rings is 1. The molecule has 0 aliphatic carbocycles. The number of hydrogen-bond acceptors (Lipinski definition) is 5. The molecule has 0 amide bonds. The van der Waals surface area contributed by atoms with Gasteiger partial charge in [-0.05, 0) is 48.0 Å². The molecule has 0 N–H and O–H groups in total. The molecule has 0 aliphatic heterocycles. The van der Waals surface area contributed by atoms with Gasteiger partial charge in [0.2, 0.25) is 0 Å². The highest BCUT2D eigenvalue weighted by atomic mass is 79.9. The maximum absolute atomic E-state index is 12.0. The third-order valence-electron chi connectivity index (χ3n) is 2.70. The molecule has 110 valence electrons. The largest absolute Gasteiger partial charge is 0.358 e. The van der Waals surface area contributed by atoms with Gasteiger partial charge in [-0.3, -0.25) is 9.27 Å². The lowest BCUT2D eigenvalue weighted by Gasteiger charge is -2.04. The van der Waals surface area contributed by atoms with Crippen molar-refractivity contribution in [3.05, 3.63) is 58.3 Å². The van der Waals surface area contributed by atoms with Crippen LogP contribution in [0.1, 0.15) is 18.1 Å². The Morgan fingerprint density at radius 1 is 1.24 bits per heavy atom. The Kier molecular flexibility index (Phi) is 4.74. The van der Waals surface area contributed by atoms with Crippen molar-refractivity contribution < 1.29 is 12.7 Å². The zero-order valence-corrected chi connectivity index (χ0v) is 13.8. The summed E-state index contributed by atoms with van der Waals surface area (Å²) in [5, 5.41) is 3.67. The Morgan fingerprint density at radius 2 is 1.90 bits per heavy atom. The number of oxime groups is 1. The molecule has 2 aromatic rings. The Hall–Kier alpha value is -1.73. The zero-order chi connectivity index (χ0) is 15.5. The van der Waals surface area contributed by atoms with Gasteiger partial charge in [-0.15, -0.1) is 0 Å². The average molecular weight is 369 g/mol. The van der Waals surface area contributed by atoms with Crippen LogP contribution in [0.5, 0.6) is 0 Å². The molecule has 0 aliphatic rings. The third-order valence-corrected chi connectivity index (χ3v) is 4.26. The predicted molar refractivity (Wildman–Crippen MR) is 83.6 cm³/mol. The molecular weight excluding hydrogens is 356 g/mol. The van der Waals surface area contributed by atoms with Crippen LogP contribution in [-0.4, -0.2) is 19.1 Å². The van der Waals surface area contributed by atoms with E-state index in [0.717, 1.165) is 10.0 Å². The second-order valence-corrected chi connectivity index (χ2v) is 6.85. The van der Waals surface area contributed by atoms with Crippen LogP contribution >= 0.6 is 15.9 Å². The van der Waals surface area contributed by atoms with Crippen LogP contribution in [0.3, 0.4) is 0 Å². The second-order valence-electron chi connectivity index (χ2n) is 4.41. The fraction of sp³-hybridized carbons (Fsp3) is 0.143. The van der Waals surface area contributed by atoms with E-state index in [1.54, 1.807) is 37.5 Å². The van der Waals surface area contributed by atoms with Crippen molar-refractivity contribution >= 4 is 31.8 Å². The number of aromatic nitrogens is 1. The fourth-order valence-electron chi connectivity index (χ4n) is 1.52. The number of pyridine rings is 1. The first-order chi connectivity index (χ1) is 9.88. The van der Waals surface area contributed by atoms with Crippen LogP contribution in [0.2, 0.25) is 0 Å². The van der Waals surface area contributed by atoms with Crippen LogP contribution in [-0.2, 0) is 14.4 Å².